The number of rotatable bonds is 3. The number of hydrogen-bond donors (Lipinski definition) is 1. The van der Waals surface area contributed by atoms with Crippen LogP contribution < -0.4 is 0 Å². The molecule has 0 bridgehead atoms. The topological polar surface area (TPSA) is 59.0 Å². The zero-order valence-electron chi connectivity index (χ0n) is 13.2. The van der Waals surface area contributed by atoms with Gasteiger partial charge >= 0.3 is 6.09 Å². The van der Waals surface area contributed by atoms with E-state index in [1.807, 2.05) is 20.8 Å². The Hall–Kier alpha value is -1.11. The average molecular weight is 315 g/mol. The predicted molar refractivity (Wildman–Crippen MR) is 87.8 cm³/mol. The highest BCUT2D eigenvalue weighted by Crippen LogP contribution is 2.31. The van der Waals surface area contributed by atoms with Crippen LogP contribution in [0.2, 0.25) is 0 Å². The number of likely N-dealkylation sites (tertiary alicyclic amines) is 1. The molecule has 5 nitrogen and oxygen atoms in total. The van der Waals surface area contributed by atoms with E-state index in [1.165, 1.54) is 22.9 Å². The standard InChI is InChI=1S/C15H25NO4S/c1-7-8-10-11(17)9-16(12(10)13(19-5)21-6)14(18)20-15(2,3)4/h7,10-12,17H,1,6,8-9H2,2-5H3/t10-,11-,12+/m1/s1. The monoisotopic (exact) mass is 315 g/mol. The molecule has 1 N–H and O–H groups in total. The van der Waals surface area contributed by atoms with E-state index in [0.29, 0.717) is 11.5 Å². The van der Waals surface area contributed by atoms with Crippen molar-refractivity contribution < 1.29 is 19.4 Å². The number of nitrogens with zero attached hydrogens (tertiary/aromatic N) is 1. The third-order valence-corrected chi connectivity index (χ3v) is 3.96. The van der Waals surface area contributed by atoms with Crippen molar-refractivity contribution in [3.8, 4) is 0 Å². The lowest BCUT2D eigenvalue weighted by atomic mass is 9.95. The summed E-state index contributed by atoms with van der Waals surface area (Å²) in [4.78, 5) is 13.9. The van der Waals surface area contributed by atoms with Crippen molar-refractivity contribution in [2.75, 3.05) is 13.7 Å². The second-order valence-electron chi connectivity index (χ2n) is 6.00. The summed E-state index contributed by atoms with van der Waals surface area (Å²) in [7, 11) is 2.73. The van der Waals surface area contributed by atoms with Crippen molar-refractivity contribution >= 4 is 28.0 Å². The van der Waals surface area contributed by atoms with Crippen molar-refractivity contribution in [3.63, 3.8) is 0 Å². The molecule has 1 aliphatic heterocycles. The Kier molecular flexibility index (Phi) is 6.19. The van der Waals surface area contributed by atoms with E-state index in [2.05, 4.69) is 12.4 Å². The van der Waals surface area contributed by atoms with Gasteiger partial charge in [-0.2, -0.15) is 0 Å². The largest absolute Gasteiger partial charge is 0.444 e. The molecule has 0 spiro atoms. The van der Waals surface area contributed by atoms with Crippen LogP contribution in [-0.2, 0) is 9.47 Å². The van der Waals surface area contributed by atoms with Crippen molar-refractivity contribution in [2.45, 2.75) is 44.9 Å². The van der Waals surface area contributed by atoms with Crippen LogP contribution in [0.5, 0.6) is 0 Å². The number of methoxy groups -OCH3 is 1. The Balaban J connectivity index is 3.08. The number of aliphatic hydroxyl groups is 1. The van der Waals surface area contributed by atoms with Gasteiger partial charge in [-0.15, -0.1) is 17.5 Å². The fourth-order valence-electron chi connectivity index (χ4n) is 2.45. The van der Waals surface area contributed by atoms with Gasteiger partial charge in [-0.1, -0.05) is 6.08 Å². The molecule has 120 valence electrons. The molecular formula is C15H25NO4S. The number of β-amino-alcohol motifs (C(OH)–C–C–N with tert-alkyl or cyclic N) is 1. The minimum atomic E-state index is -0.641. The maximum absolute atomic E-state index is 12.4. The zero-order valence-corrected chi connectivity index (χ0v) is 14.0. The Morgan fingerprint density at radius 2 is 2.14 bits per heavy atom. The second kappa shape index (κ2) is 7.24. The lowest BCUT2D eigenvalue weighted by molar-refractivity contribution is 0.0233. The van der Waals surface area contributed by atoms with E-state index in [0.717, 1.165) is 0 Å². The van der Waals surface area contributed by atoms with Gasteiger partial charge in [0.25, 0.3) is 0 Å². The smallest absolute Gasteiger partial charge is 0.411 e. The molecular weight excluding hydrogens is 290 g/mol. The second-order valence-corrected chi connectivity index (χ2v) is 6.69. The molecule has 0 aromatic rings. The molecule has 1 heterocycles. The van der Waals surface area contributed by atoms with Crippen molar-refractivity contribution in [1.29, 1.82) is 0 Å². The molecule has 3 atom stereocenters. The highest BCUT2D eigenvalue weighted by Gasteiger charge is 2.46. The van der Waals surface area contributed by atoms with Crippen molar-refractivity contribution in [1.82, 2.24) is 4.90 Å². The summed E-state index contributed by atoms with van der Waals surface area (Å²) in [5.41, 5.74) is -0.589. The van der Waals surface area contributed by atoms with Crippen molar-refractivity contribution in [2.24, 2.45) is 5.92 Å². The molecule has 0 saturated carbocycles. The molecule has 0 aromatic heterocycles. The van der Waals surface area contributed by atoms with E-state index < -0.39 is 17.8 Å². The molecule has 1 fully saturated rings. The van der Waals surface area contributed by atoms with Crippen LogP contribution in [0.1, 0.15) is 27.2 Å². The summed E-state index contributed by atoms with van der Waals surface area (Å²) >= 11 is 0. The van der Waals surface area contributed by atoms with Gasteiger partial charge in [0.1, 0.15) is 10.7 Å². The summed E-state index contributed by atoms with van der Waals surface area (Å²) in [6.07, 6.45) is 1.22. The van der Waals surface area contributed by atoms with Gasteiger partial charge in [0.05, 0.1) is 18.7 Å². The maximum Gasteiger partial charge on any atom is 0.411 e. The summed E-state index contributed by atoms with van der Waals surface area (Å²) in [6, 6.07) is -0.375. The fourth-order valence-corrected chi connectivity index (χ4v) is 3.04. The minimum Gasteiger partial charge on any atom is -0.444 e. The highest BCUT2D eigenvalue weighted by molar-refractivity contribution is 7.95. The molecule has 0 unspecified atom stereocenters. The van der Waals surface area contributed by atoms with Gasteiger partial charge in [0, 0.05) is 13.0 Å². The van der Waals surface area contributed by atoms with E-state index >= 15 is 0 Å². The number of carbonyl (C=O) groups excluding carboxylic acids is 1. The number of hydrogen-bond acceptors (Lipinski definition) is 4. The molecule has 1 aliphatic rings. The zero-order chi connectivity index (χ0) is 16.2. The van der Waals surface area contributed by atoms with Crippen LogP contribution in [0.25, 0.3) is 0 Å². The minimum absolute atomic E-state index is 0.167. The van der Waals surface area contributed by atoms with Crippen LogP contribution in [0.3, 0.4) is 0 Å². The lowest BCUT2D eigenvalue weighted by Crippen LogP contribution is -2.45. The molecule has 6 heteroatoms. The molecule has 0 aliphatic carbocycles. The Morgan fingerprint density at radius 1 is 1.52 bits per heavy atom. The molecule has 1 amide bonds. The quantitative estimate of drug-likeness (QED) is 0.640. The summed E-state index contributed by atoms with van der Waals surface area (Å²) < 4.78 is 10.8. The van der Waals surface area contributed by atoms with Crippen molar-refractivity contribution in [3.05, 3.63) is 12.7 Å². The van der Waals surface area contributed by atoms with Gasteiger partial charge in [-0.3, -0.25) is 4.90 Å². The van der Waals surface area contributed by atoms with Gasteiger partial charge in [-0.05, 0) is 33.1 Å². The number of amides is 1. The summed E-state index contributed by atoms with van der Waals surface area (Å²) in [5.74, 6) is 3.59. The molecule has 0 radical (unpaired) electrons. The molecule has 21 heavy (non-hydrogen) atoms. The third-order valence-electron chi connectivity index (χ3n) is 3.27. The summed E-state index contributed by atoms with van der Waals surface area (Å²) in [6.45, 7) is 9.36. The first kappa shape index (κ1) is 17.9. The number of allylic oxidation sites excluding steroid dienone is 1. The lowest BCUT2D eigenvalue weighted by Gasteiger charge is -2.30. The van der Waals surface area contributed by atoms with Crippen LogP contribution >= 0.6 is 10.9 Å². The Bertz CT molecular complexity index is 451. The summed E-state index contributed by atoms with van der Waals surface area (Å²) in [5, 5.41) is 10.8. The average Bonchev–Trinajstić information content (AvgIpc) is 2.68. The van der Waals surface area contributed by atoms with E-state index in [-0.39, 0.29) is 18.5 Å². The first-order chi connectivity index (χ1) is 9.75. The molecule has 0 aromatic carbocycles. The van der Waals surface area contributed by atoms with E-state index in [1.54, 1.807) is 6.08 Å². The van der Waals surface area contributed by atoms with E-state index in [4.69, 9.17) is 9.47 Å². The normalized spacial score (nSPS) is 25.6. The molecule has 1 saturated heterocycles. The van der Waals surface area contributed by atoms with E-state index in [9.17, 15) is 9.90 Å². The van der Waals surface area contributed by atoms with Crippen LogP contribution in [0.15, 0.2) is 12.7 Å². The third kappa shape index (κ3) is 4.43. The van der Waals surface area contributed by atoms with Gasteiger partial charge in [0.15, 0.2) is 0 Å². The molecule has 1 rings (SSSR count). The first-order valence-electron chi connectivity index (χ1n) is 6.86. The predicted octanol–water partition coefficient (Wildman–Crippen LogP) is 2.10. The van der Waals surface area contributed by atoms with Gasteiger partial charge in [0.2, 0.25) is 0 Å². The number of ether oxygens (including phenoxy) is 2. The van der Waals surface area contributed by atoms with Crippen LogP contribution in [-0.4, -0.2) is 58.4 Å². The maximum atomic E-state index is 12.4. The Labute approximate surface area is 130 Å². The van der Waals surface area contributed by atoms with Gasteiger partial charge < -0.3 is 14.6 Å². The SMILES string of the molecule is C=CC[C@@H]1[C@H](O)CN(C(=O)OC(C)(C)C)[C@@H]1C(OC)=S=C. The fraction of sp³-hybridized carbons (Fsp3) is 0.667. The highest BCUT2D eigenvalue weighted by atomic mass is 32.1. The number of aliphatic hydroxyl groups excluding tert-OH is 1. The number of carbonyl (C=O) groups is 1. The van der Waals surface area contributed by atoms with Crippen LogP contribution in [0, 0.1) is 5.92 Å². The first-order valence-corrected chi connectivity index (χ1v) is 7.85. The Morgan fingerprint density at radius 3 is 2.57 bits per heavy atom. The van der Waals surface area contributed by atoms with Gasteiger partial charge in [-0.25, -0.2) is 4.79 Å². The van der Waals surface area contributed by atoms with Crippen LogP contribution in [0.4, 0.5) is 4.79 Å².